The molecule has 0 aliphatic heterocycles. The van der Waals surface area contributed by atoms with Crippen LogP contribution in [-0.4, -0.2) is 43.0 Å². The van der Waals surface area contributed by atoms with Gasteiger partial charge in [0.05, 0.1) is 12.1 Å². The van der Waals surface area contributed by atoms with Crippen LogP contribution in [0.4, 0.5) is 0 Å². The van der Waals surface area contributed by atoms with Crippen LogP contribution in [-0.2, 0) is 14.4 Å². The van der Waals surface area contributed by atoms with E-state index < -0.39 is 0 Å². The van der Waals surface area contributed by atoms with E-state index in [1.165, 1.54) is 31.3 Å². The molecule has 0 amide bonds. The van der Waals surface area contributed by atoms with E-state index in [1.807, 2.05) is 25.1 Å². The molecule has 4 aliphatic rings. The number of carbonyl (C=O) groups is 2. The molecule has 172 valence electrons. The first-order valence-electron chi connectivity index (χ1n) is 12.3. The van der Waals surface area contributed by atoms with E-state index in [1.54, 1.807) is 0 Å². The first-order chi connectivity index (χ1) is 14.6. The molecule has 0 aromatic heterocycles. The first-order valence-corrected chi connectivity index (χ1v) is 12.3. The number of rotatable bonds is 5. The van der Waals surface area contributed by atoms with Crippen molar-refractivity contribution in [1.82, 2.24) is 4.90 Å². The van der Waals surface area contributed by atoms with Gasteiger partial charge in [-0.15, -0.1) is 0 Å². The maximum Gasteiger partial charge on any atom is 0.336 e. The molecule has 5 heteroatoms. The standard InChI is InChI=1S/C26H40N2O3/c1-17(27-31-24(30)12-15-28(4)5)21-8-9-22-20-7-6-18-16-19(29)10-13-25(18,2)23(20)11-14-26(21,22)3/h16,20-23H,6-15H2,1-5H3/b27-17+/t20-,21+,22-,23-,25-,26+/m0/s1. The Morgan fingerprint density at radius 2 is 1.90 bits per heavy atom. The van der Waals surface area contributed by atoms with Gasteiger partial charge in [0.25, 0.3) is 0 Å². The third kappa shape index (κ3) is 4.03. The lowest BCUT2D eigenvalue weighted by Gasteiger charge is -2.58. The van der Waals surface area contributed by atoms with E-state index in [9.17, 15) is 9.59 Å². The van der Waals surface area contributed by atoms with Crippen molar-refractivity contribution in [3.05, 3.63) is 11.6 Å². The van der Waals surface area contributed by atoms with Gasteiger partial charge >= 0.3 is 5.97 Å². The summed E-state index contributed by atoms with van der Waals surface area (Å²) in [6, 6.07) is 0. The van der Waals surface area contributed by atoms with E-state index in [-0.39, 0.29) is 16.8 Å². The topological polar surface area (TPSA) is 59.0 Å². The zero-order valence-corrected chi connectivity index (χ0v) is 20.1. The summed E-state index contributed by atoms with van der Waals surface area (Å²) in [6.07, 6.45) is 11.3. The molecule has 3 fully saturated rings. The number of allylic oxidation sites excluding steroid dienone is 1. The minimum atomic E-state index is -0.247. The fourth-order valence-corrected chi connectivity index (χ4v) is 7.79. The second-order valence-electron chi connectivity index (χ2n) is 11.4. The summed E-state index contributed by atoms with van der Waals surface area (Å²) >= 11 is 0. The molecule has 31 heavy (non-hydrogen) atoms. The number of hydrogen-bond acceptors (Lipinski definition) is 5. The fraction of sp³-hybridized carbons (Fsp3) is 0.808. The summed E-state index contributed by atoms with van der Waals surface area (Å²) in [5.41, 5.74) is 2.90. The molecule has 0 bridgehead atoms. The van der Waals surface area contributed by atoms with Crippen LogP contribution in [0.5, 0.6) is 0 Å². The van der Waals surface area contributed by atoms with Gasteiger partial charge in [-0.1, -0.05) is 24.6 Å². The Bertz CT molecular complexity index is 800. The molecule has 6 atom stereocenters. The van der Waals surface area contributed by atoms with Crippen LogP contribution in [0.2, 0.25) is 0 Å². The van der Waals surface area contributed by atoms with Gasteiger partial charge in [0.2, 0.25) is 0 Å². The van der Waals surface area contributed by atoms with Crippen molar-refractivity contribution in [2.45, 2.75) is 78.6 Å². The summed E-state index contributed by atoms with van der Waals surface area (Å²) in [7, 11) is 3.90. The summed E-state index contributed by atoms with van der Waals surface area (Å²) in [5.74, 6) is 2.65. The van der Waals surface area contributed by atoms with E-state index >= 15 is 0 Å². The minimum absolute atomic E-state index is 0.224. The van der Waals surface area contributed by atoms with Gasteiger partial charge in [-0.25, -0.2) is 4.79 Å². The van der Waals surface area contributed by atoms with Crippen molar-refractivity contribution in [3.8, 4) is 0 Å². The molecule has 0 spiro atoms. The number of nitrogens with zero attached hydrogens (tertiary/aromatic N) is 2. The van der Waals surface area contributed by atoms with E-state index in [0.717, 1.165) is 37.3 Å². The molecule has 0 N–H and O–H groups in total. The number of fused-ring (bicyclic) bond motifs is 5. The van der Waals surface area contributed by atoms with E-state index in [2.05, 4.69) is 25.9 Å². The number of hydrogen-bond donors (Lipinski definition) is 0. The van der Waals surface area contributed by atoms with Crippen molar-refractivity contribution >= 4 is 17.5 Å². The first kappa shape index (κ1) is 22.7. The van der Waals surface area contributed by atoms with Crippen LogP contribution < -0.4 is 0 Å². The fourth-order valence-electron chi connectivity index (χ4n) is 7.79. The van der Waals surface area contributed by atoms with Crippen molar-refractivity contribution in [3.63, 3.8) is 0 Å². The lowest BCUT2D eigenvalue weighted by molar-refractivity contribution is -0.144. The van der Waals surface area contributed by atoms with Gasteiger partial charge in [-0.2, -0.15) is 0 Å². The van der Waals surface area contributed by atoms with Gasteiger partial charge in [0, 0.05) is 18.9 Å². The zero-order chi connectivity index (χ0) is 22.4. The average Bonchev–Trinajstić information content (AvgIpc) is 3.08. The van der Waals surface area contributed by atoms with Crippen LogP contribution in [0.25, 0.3) is 0 Å². The van der Waals surface area contributed by atoms with Crippen LogP contribution in [0.1, 0.15) is 78.6 Å². The predicted molar refractivity (Wildman–Crippen MR) is 123 cm³/mol. The van der Waals surface area contributed by atoms with Gasteiger partial charge in [0.15, 0.2) is 5.78 Å². The van der Waals surface area contributed by atoms with Crippen molar-refractivity contribution in [2.24, 2.45) is 39.7 Å². The lowest BCUT2D eigenvalue weighted by Crippen LogP contribution is -2.51. The molecule has 0 saturated heterocycles. The van der Waals surface area contributed by atoms with Crippen LogP contribution >= 0.6 is 0 Å². The molecule has 0 unspecified atom stereocenters. The van der Waals surface area contributed by atoms with Gasteiger partial charge in [-0.05, 0) is 101 Å². The molecule has 3 saturated carbocycles. The normalized spacial score (nSPS) is 40.1. The molecular formula is C26H40N2O3. The third-order valence-corrected chi connectivity index (χ3v) is 9.52. The monoisotopic (exact) mass is 428 g/mol. The number of oxime groups is 1. The lowest BCUT2D eigenvalue weighted by atomic mass is 9.46. The second kappa shape index (κ2) is 8.46. The molecule has 4 aliphatic carbocycles. The molecular weight excluding hydrogens is 388 g/mol. The smallest absolute Gasteiger partial charge is 0.318 e. The molecule has 0 heterocycles. The number of carbonyl (C=O) groups excluding carboxylic acids is 2. The average molecular weight is 429 g/mol. The second-order valence-corrected chi connectivity index (χ2v) is 11.4. The quantitative estimate of drug-likeness (QED) is 0.351. The predicted octanol–water partition coefficient (Wildman–Crippen LogP) is 5.01. The van der Waals surface area contributed by atoms with Crippen molar-refractivity contribution in [2.75, 3.05) is 20.6 Å². The molecule has 0 radical (unpaired) electrons. The molecule has 0 aromatic rings. The highest BCUT2D eigenvalue weighted by molar-refractivity contribution is 5.91. The largest absolute Gasteiger partial charge is 0.336 e. The van der Waals surface area contributed by atoms with Crippen LogP contribution in [0.3, 0.4) is 0 Å². The zero-order valence-electron chi connectivity index (χ0n) is 20.1. The summed E-state index contributed by atoms with van der Waals surface area (Å²) in [6.45, 7) is 7.65. The SMILES string of the molecule is C/C(=N\OC(=O)CCN(C)C)[C@H]1CC[C@H]2[C@@H]3CCC4=CC(=O)CC[C@]4(C)[C@H]3CC[C@]12C. The van der Waals surface area contributed by atoms with Gasteiger partial charge < -0.3 is 9.74 Å². The summed E-state index contributed by atoms with van der Waals surface area (Å²) in [4.78, 5) is 31.3. The Hall–Kier alpha value is -1.49. The highest BCUT2D eigenvalue weighted by atomic mass is 16.7. The summed E-state index contributed by atoms with van der Waals surface area (Å²) in [5, 5.41) is 4.31. The Balaban J connectivity index is 1.47. The van der Waals surface area contributed by atoms with Gasteiger partial charge in [0.1, 0.15) is 0 Å². The Labute approximate surface area is 187 Å². The number of ketones is 1. The summed E-state index contributed by atoms with van der Waals surface area (Å²) < 4.78 is 0. The van der Waals surface area contributed by atoms with Crippen LogP contribution in [0.15, 0.2) is 16.8 Å². The minimum Gasteiger partial charge on any atom is -0.318 e. The Kier molecular flexibility index (Phi) is 6.19. The van der Waals surface area contributed by atoms with E-state index in [0.29, 0.717) is 36.5 Å². The molecule has 0 aromatic carbocycles. The third-order valence-electron chi connectivity index (χ3n) is 9.52. The van der Waals surface area contributed by atoms with Crippen molar-refractivity contribution < 1.29 is 14.4 Å². The van der Waals surface area contributed by atoms with Gasteiger partial charge in [-0.3, -0.25) is 4.79 Å². The van der Waals surface area contributed by atoms with E-state index in [4.69, 9.17) is 4.84 Å². The van der Waals surface area contributed by atoms with Crippen molar-refractivity contribution in [1.29, 1.82) is 0 Å². The molecule has 5 nitrogen and oxygen atoms in total. The van der Waals surface area contributed by atoms with Crippen LogP contribution in [0, 0.1) is 34.5 Å². The highest BCUT2D eigenvalue weighted by Crippen LogP contribution is 2.66. The Morgan fingerprint density at radius 1 is 1.13 bits per heavy atom. The maximum atomic E-state index is 12.0. The maximum absolute atomic E-state index is 12.0. The molecule has 4 rings (SSSR count). The highest BCUT2D eigenvalue weighted by Gasteiger charge is 2.59. The Morgan fingerprint density at radius 3 is 2.65 bits per heavy atom.